The summed E-state index contributed by atoms with van der Waals surface area (Å²) in [6.45, 7) is 3.11. The molecule has 0 aliphatic rings. The van der Waals surface area contributed by atoms with Crippen molar-refractivity contribution in [3.05, 3.63) is 33.8 Å². The number of hydrogen-bond donors (Lipinski definition) is 1. The number of hydrogen-bond acceptors (Lipinski definition) is 2. The monoisotopic (exact) mass is 319 g/mol. The first kappa shape index (κ1) is 14.8. The second kappa shape index (κ2) is 6.04. The van der Waals surface area contributed by atoms with Crippen LogP contribution in [0, 0.1) is 17.6 Å². The predicted octanol–water partition coefficient (Wildman–Crippen LogP) is 2.68. The summed E-state index contributed by atoms with van der Waals surface area (Å²) in [6.07, 6.45) is 0. The fraction of sp³-hybridized carbons (Fsp3) is 0.333. The Balaban J connectivity index is 2.83. The Kier molecular flexibility index (Phi) is 4.95. The number of nitrogens with one attached hydrogen (secondary N) is 1. The van der Waals surface area contributed by atoms with Crippen molar-refractivity contribution in [1.29, 1.82) is 0 Å². The number of halogens is 3. The van der Waals surface area contributed by atoms with E-state index in [1.165, 1.54) is 0 Å². The molecule has 0 radical (unpaired) electrons. The van der Waals surface area contributed by atoms with Crippen molar-refractivity contribution in [3.63, 3.8) is 0 Å². The maximum Gasteiger partial charge on any atom is 0.257 e. The van der Waals surface area contributed by atoms with Crippen molar-refractivity contribution in [2.45, 2.75) is 13.8 Å². The third kappa shape index (κ3) is 3.60. The molecule has 0 aromatic heterocycles. The lowest BCUT2D eigenvalue weighted by atomic mass is 10.1. The molecule has 0 unspecified atom stereocenters. The van der Waals surface area contributed by atoms with E-state index in [1.54, 1.807) is 13.8 Å². The van der Waals surface area contributed by atoms with Gasteiger partial charge in [-0.1, -0.05) is 29.8 Å². The van der Waals surface area contributed by atoms with E-state index in [-0.39, 0.29) is 22.7 Å². The molecular formula is C12H12BrF2NO2. The number of Topliss-reactive ketones (excluding diaryl/α,β-unsaturated/α-hetero) is 1. The third-order valence-corrected chi connectivity index (χ3v) is 2.76. The molecule has 0 saturated carbocycles. The normalized spacial score (nSPS) is 10.6. The van der Waals surface area contributed by atoms with Crippen LogP contribution in [0.4, 0.5) is 8.78 Å². The van der Waals surface area contributed by atoms with Crippen LogP contribution in [-0.2, 0) is 4.79 Å². The molecule has 1 rings (SSSR count). The van der Waals surface area contributed by atoms with E-state index >= 15 is 0 Å². The summed E-state index contributed by atoms with van der Waals surface area (Å²) in [6, 6.07) is 1.98. The molecule has 0 fully saturated rings. The SMILES string of the molecule is CC(C)C(=O)CNC(=O)c1c(F)cc(Br)cc1F. The molecule has 1 N–H and O–H groups in total. The maximum atomic E-state index is 13.4. The van der Waals surface area contributed by atoms with Crippen molar-refractivity contribution in [1.82, 2.24) is 5.32 Å². The van der Waals surface area contributed by atoms with Gasteiger partial charge in [-0.2, -0.15) is 0 Å². The molecule has 0 aliphatic heterocycles. The smallest absolute Gasteiger partial charge is 0.257 e. The van der Waals surface area contributed by atoms with E-state index in [1.807, 2.05) is 0 Å². The number of amides is 1. The summed E-state index contributed by atoms with van der Waals surface area (Å²) in [5, 5.41) is 2.20. The Bertz CT molecular complexity index is 466. The van der Waals surface area contributed by atoms with Crippen LogP contribution in [0.2, 0.25) is 0 Å². The number of rotatable bonds is 4. The van der Waals surface area contributed by atoms with E-state index < -0.39 is 23.1 Å². The van der Waals surface area contributed by atoms with Crippen molar-refractivity contribution in [2.75, 3.05) is 6.54 Å². The van der Waals surface area contributed by atoms with Gasteiger partial charge in [0.25, 0.3) is 5.91 Å². The second-order valence-corrected chi connectivity index (χ2v) is 4.96. The standard InChI is InChI=1S/C12H12BrF2NO2/c1-6(2)10(17)5-16-12(18)11-8(14)3-7(13)4-9(11)15/h3-4,6H,5H2,1-2H3,(H,16,18). The molecule has 6 heteroatoms. The number of ketones is 1. The Hall–Kier alpha value is -1.30. The Morgan fingerprint density at radius 3 is 2.22 bits per heavy atom. The third-order valence-electron chi connectivity index (χ3n) is 2.30. The molecule has 3 nitrogen and oxygen atoms in total. The molecule has 0 saturated heterocycles. The fourth-order valence-corrected chi connectivity index (χ4v) is 1.62. The van der Waals surface area contributed by atoms with Gasteiger partial charge in [-0.3, -0.25) is 9.59 Å². The first-order chi connectivity index (χ1) is 8.32. The van der Waals surface area contributed by atoms with Crippen molar-refractivity contribution in [3.8, 4) is 0 Å². The molecule has 0 spiro atoms. The van der Waals surface area contributed by atoms with Gasteiger partial charge >= 0.3 is 0 Å². The number of benzene rings is 1. The van der Waals surface area contributed by atoms with Crippen molar-refractivity contribution < 1.29 is 18.4 Å². The summed E-state index contributed by atoms with van der Waals surface area (Å²) >= 11 is 2.91. The lowest BCUT2D eigenvalue weighted by molar-refractivity contribution is -0.120. The van der Waals surface area contributed by atoms with Crippen LogP contribution in [-0.4, -0.2) is 18.2 Å². The molecule has 0 aliphatic carbocycles. The van der Waals surface area contributed by atoms with E-state index in [0.29, 0.717) is 0 Å². The minimum Gasteiger partial charge on any atom is -0.345 e. The maximum absolute atomic E-state index is 13.4. The zero-order chi connectivity index (χ0) is 13.9. The summed E-state index contributed by atoms with van der Waals surface area (Å²) in [4.78, 5) is 22.9. The van der Waals surface area contributed by atoms with Gasteiger partial charge in [-0.15, -0.1) is 0 Å². The Labute approximate surface area is 112 Å². The number of carbonyl (C=O) groups excluding carboxylic acids is 2. The van der Waals surface area contributed by atoms with E-state index in [2.05, 4.69) is 21.2 Å². The molecule has 18 heavy (non-hydrogen) atoms. The molecule has 1 aromatic carbocycles. The average molecular weight is 320 g/mol. The minimum absolute atomic E-state index is 0.201. The molecule has 98 valence electrons. The highest BCUT2D eigenvalue weighted by Gasteiger charge is 2.19. The minimum atomic E-state index is -0.976. The largest absolute Gasteiger partial charge is 0.345 e. The molecule has 0 atom stereocenters. The summed E-state index contributed by atoms with van der Waals surface area (Å²) in [7, 11) is 0. The highest BCUT2D eigenvalue weighted by Crippen LogP contribution is 2.19. The Morgan fingerprint density at radius 2 is 1.78 bits per heavy atom. The van der Waals surface area contributed by atoms with E-state index in [4.69, 9.17) is 0 Å². The highest BCUT2D eigenvalue weighted by molar-refractivity contribution is 9.10. The van der Waals surface area contributed by atoms with Crippen molar-refractivity contribution >= 4 is 27.6 Å². The first-order valence-electron chi connectivity index (χ1n) is 5.28. The Morgan fingerprint density at radius 1 is 1.28 bits per heavy atom. The van der Waals surface area contributed by atoms with Gasteiger partial charge in [-0.25, -0.2) is 8.78 Å². The van der Waals surface area contributed by atoms with Crippen LogP contribution < -0.4 is 5.32 Å². The first-order valence-corrected chi connectivity index (χ1v) is 6.07. The predicted molar refractivity (Wildman–Crippen MR) is 66.2 cm³/mol. The van der Waals surface area contributed by atoms with Gasteiger partial charge in [0.1, 0.15) is 17.2 Å². The zero-order valence-electron chi connectivity index (χ0n) is 9.89. The van der Waals surface area contributed by atoms with Crippen LogP contribution in [0.3, 0.4) is 0 Å². The topological polar surface area (TPSA) is 46.2 Å². The zero-order valence-corrected chi connectivity index (χ0v) is 11.5. The van der Waals surface area contributed by atoms with Gasteiger partial charge in [-0.05, 0) is 12.1 Å². The van der Waals surface area contributed by atoms with Crippen LogP contribution in [0.25, 0.3) is 0 Å². The van der Waals surface area contributed by atoms with E-state index in [0.717, 1.165) is 12.1 Å². The molecule has 0 heterocycles. The van der Waals surface area contributed by atoms with Gasteiger partial charge in [0.15, 0.2) is 5.78 Å². The lowest BCUT2D eigenvalue weighted by Gasteiger charge is -2.08. The van der Waals surface area contributed by atoms with Gasteiger partial charge in [0.05, 0.1) is 6.54 Å². The number of carbonyl (C=O) groups is 2. The fourth-order valence-electron chi connectivity index (χ4n) is 1.22. The summed E-state index contributed by atoms with van der Waals surface area (Å²) in [5.74, 6) is -3.34. The average Bonchev–Trinajstić information content (AvgIpc) is 2.24. The van der Waals surface area contributed by atoms with Crippen LogP contribution >= 0.6 is 15.9 Å². The highest BCUT2D eigenvalue weighted by atomic mass is 79.9. The van der Waals surface area contributed by atoms with Crippen LogP contribution in [0.5, 0.6) is 0 Å². The molecule has 1 aromatic rings. The molecule has 1 amide bonds. The lowest BCUT2D eigenvalue weighted by Crippen LogP contribution is -2.32. The van der Waals surface area contributed by atoms with Gasteiger partial charge < -0.3 is 5.32 Å². The van der Waals surface area contributed by atoms with Crippen LogP contribution in [0.15, 0.2) is 16.6 Å². The summed E-state index contributed by atoms with van der Waals surface area (Å²) in [5.41, 5.74) is -0.685. The summed E-state index contributed by atoms with van der Waals surface area (Å²) < 4.78 is 27.1. The van der Waals surface area contributed by atoms with Crippen molar-refractivity contribution in [2.24, 2.45) is 5.92 Å². The second-order valence-electron chi connectivity index (χ2n) is 4.05. The van der Waals surface area contributed by atoms with Gasteiger partial charge in [0, 0.05) is 10.4 Å². The quantitative estimate of drug-likeness (QED) is 0.927. The van der Waals surface area contributed by atoms with Gasteiger partial charge in [0.2, 0.25) is 0 Å². The molecular weight excluding hydrogens is 308 g/mol. The van der Waals surface area contributed by atoms with Crippen LogP contribution in [0.1, 0.15) is 24.2 Å². The van der Waals surface area contributed by atoms with E-state index in [9.17, 15) is 18.4 Å². The molecule has 0 bridgehead atoms.